The monoisotopic (exact) mass is 316 g/mol. The van der Waals surface area contributed by atoms with Gasteiger partial charge in [-0.3, -0.25) is 0 Å². The third-order valence-electron chi connectivity index (χ3n) is 2.95. The van der Waals surface area contributed by atoms with E-state index in [1.807, 2.05) is 24.3 Å². The fourth-order valence-corrected chi connectivity index (χ4v) is 2.10. The summed E-state index contributed by atoms with van der Waals surface area (Å²) in [5.41, 5.74) is 0.969. The summed E-state index contributed by atoms with van der Waals surface area (Å²) in [6.45, 7) is 0.464. The summed E-state index contributed by atoms with van der Waals surface area (Å²) in [7, 11) is 0. The molecule has 3 aromatic rings. The van der Waals surface area contributed by atoms with E-state index in [0.29, 0.717) is 24.7 Å². The summed E-state index contributed by atoms with van der Waals surface area (Å²) in [6, 6.07) is 10.5. The number of hydrogen-bond donors (Lipinski definition) is 2. The number of rotatable bonds is 5. The van der Waals surface area contributed by atoms with Crippen molar-refractivity contribution >= 4 is 17.5 Å². The zero-order chi connectivity index (χ0) is 15.4. The van der Waals surface area contributed by atoms with E-state index in [2.05, 4.69) is 20.3 Å². The van der Waals surface area contributed by atoms with E-state index in [1.54, 1.807) is 18.4 Å². The molecule has 2 aromatic heterocycles. The number of nitrogens with zero attached hydrogens (tertiary/aromatic N) is 3. The maximum atomic E-state index is 9.29. The van der Waals surface area contributed by atoms with Crippen LogP contribution in [0.25, 0.3) is 0 Å². The molecule has 7 heteroatoms. The van der Waals surface area contributed by atoms with Crippen LogP contribution in [0.3, 0.4) is 0 Å². The molecule has 2 N–H and O–H groups in total. The minimum atomic E-state index is 0.130. The number of nitrogens with one attached hydrogen (secondary N) is 1. The summed E-state index contributed by atoms with van der Waals surface area (Å²) in [5, 5.41) is 12.5. The van der Waals surface area contributed by atoms with Crippen molar-refractivity contribution in [3.63, 3.8) is 0 Å². The molecule has 3 rings (SSSR count). The van der Waals surface area contributed by atoms with Crippen LogP contribution in [0.5, 0.6) is 5.75 Å². The minimum Gasteiger partial charge on any atom is -0.508 e. The summed E-state index contributed by atoms with van der Waals surface area (Å²) >= 11 is 5.94. The number of halogens is 1. The molecule has 0 radical (unpaired) electrons. The van der Waals surface area contributed by atoms with Gasteiger partial charge < -0.3 is 14.8 Å². The number of aromatic nitrogens is 3. The number of phenols is 1. The SMILES string of the molecule is Oc1ccc(Cc2nc(Cl)nc(NCc3ccco3)n2)cc1. The molecule has 6 nitrogen and oxygen atoms in total. The highest BCUT2D eigenvalue weighted by atomic mass is 35.5. The number of anilines is 1. The first-order valence-electron chi connectivity index (χ1n) is 6.63. The topological polar surface area (TPSA) is 84.1 Å². The summed E-state index contributed by atoms with van der Waals surface area (Å²) in [6.07, 6.45) is 2.10. The van der Waals surface area contributed by atoms with E-state index in [9.17, 15) is 5.11 Å². The molecule has 0 bridgehead atoms. The fraction of sp³-hybridized carbons (Fsp3) is 0.133. The molecule has 112 valence electrons. The van der Waals surface area contributed by atoms with Gasteiger partial charge in [-0.25, -0.2) is 4.98 Å². The normalized spacial score (nSPS) is 10.6. The van der Waals surface area contributed by atoms with E-state index in [-0.39, 0.29) is 11.0 Å². The van der Waals surface area contributed by atoms with Gasteiger partial charge >= 0.3 is 0 Å². The van der Waals surface area contributed by atoms with Crippen LogP contribution in [-0.2, 0) is 13.0 Å². The Kier molecular flexibility index (Phi) is 4.20. The first-order valence-corrected chi connectivity index (χ1v) is 7.01. The Morgan fingerprint density at radius 3 is 2.64 bits per heavy atom. The van der Waals surface area contributed by atoms with Crippen LogP contribution in [0.1, 0.15) is 17.1 Å². The van der Waals surface area contributed by atoms with E-state index in [0.717, 1.165) is 11.3 Å². The molecule has 0 atom stereocenters. The fourth-order valence-electron chi connectivity index (χ4n) is 1.92. The van der Waals surface area contributed by atoms with Crippen LogP contribution in [-0.4, -0.2) is 20.1 Å². The Hall–Kier alpha value is -2.60. The highest BCUT2D eigenvalue weighted by Crippen LogP contribution is 2.14. The lowest BCUT2D eigenvalue weighted by molar-refractivity contribution is 0.475. The Morgan fingerprint density at radius 1 is 1.09 bits per heavy atom. The van der Waals surface area contributed by atoms with Crippen LogP contribution in [0.15, 0.2) is 47.1 Å². The van der Waals surface area contributed by atoms with E-state index in [4.69, 9.17) is 16.0 Å². The van der Waals surface area contributed by atoms with Gasteiger partial charge in [0.15, 0.2) is 0 Å². The van der Waals surface area contributed by atoms with Crippen molar-refractivity contribution in [2.45, 2.75) is 13.0 Å². The lowest BCUT2D eigenvalue weighted by Gasteiger charge is -2.06. The van der Waals surface area contributed by atoms with E-state index >= 15 is 0 Å². The summed E-state index contributed by atoms with van der Waals surface area (Å²) < 4.78 is 5.23. The van der Waals surface area contributed by atoms with Crippen LogP contribution in [0.2, 0.25) is 5.28 Å². The smallest absolute Gasteiger partial charge is 0.227 e. The van der Waals surface area contributed by atoms with Crippen molar-refractivity contribution in [1.82, 2.24) is 15.0 Å². The standard InChI is InChI=1S/C15H13ClN4O2/c16-14-18-13(8-10-3-5-11(21)6-4-10)19-15(20-14)17-9-12-2-1-7-22-12/h1-7,21H,8-9H2,(H,17,18,19,20). The van der Waals surface area contributed by atoms with Gasteiger partial charge in [0.25, 0.3) is 0 Å². The zero-order valence-electron chi connectivity index (χ0n) is 11.5. The van der Waals surface area contributed by atoms with Gasteiger partial charge in [0.05, 0.1) is 12.8 Å². The first kappa shape index (κ1) is 14.3. The van der Waals surface area contributed by atoms with Gasteiger partial charge in [-0.05, 0) is 41.4 Å². The zero-order valence-corrected chi connectivity index (χ0v) is 12.3. The van der Waals surface area contributed by atoms with Crippen LogP contribution < -0.4 is 5.32 Å². The molecule has 0 aliphatic rings. The maximum absolute atomic E-state index is 9.29. The predicted molar refractivity (Wildman–Crippen MR) is 81.8 cm³/mol. The molecule has 1 aromatic carbocycles. The average Bonchev–Trinajstić information content (AvgIpc) is 3.00. The average molecular weight is 317 g/mol. The molecule has 0 saturated heterocycles. The maximum Gasteiger partial charge on any atom is 0.227 e. The molecule has 0 aliphatic heterocycles. The number of benzene rings is 1. The molecular formula is C15H13ClN4O2. The van der Waals surface area contributed by atoms with Crippen molar-refractivity contribution < 1.29 is 9.52 Å². The summed E-state index contributed by atoms with van der Waals surface area (Å²) in [4.78, 5) is 12.5. The van der Waals surface area contributed by atoms with Crippen molar-refractivity contribution in [1.29, 1.82) is 0 Å². The highest BCUT2D eigenvalue weighted by molar-refractivity contribution is 6.28. The molecule has 0 saturated carbocycles. The number of aromatic hydroxyl groups is 1. The van der Waals surface area contributed by atoms with Crippen LogP contribution >= 0.6 is 11.6 Å². The second-order valence-electron chi connectivity index (χ2n) is 4.62. The minimum absolute atomic E-state index is 0.130. The van der Waals surface area contributed by atoms with Gasteiger partial charge in [-0.2, -0.15) is 9.97 Å². The van der Waals surface area contributed by atoms with E-state index in [1.165, 1.54) is 0 Å². The van der Waals surface area contributed by atoms with Gasteiger partial charge in [0.2, 0.25) is 11.2 Å². The van der Waals surface area contributed by atoms with Crippen LogP contribution in [0.4, 0.5) is 5.95 Å². The van der Waals surface area contributed by atoms with Gasteiger partial charge in [-0.15, -0.1) is 0 Å². The van der Waals surface area contributed by atoms with Crippen molar-refractivity contribution in [2.75, 3.05) is 5.32 Å². The third kappa shape index (κ3) is 3.73. The molecule has 0 aliphatic carbocycles. The van der Waals surface area contributed by atoms with Gasteiger partial charge in [-0.1, -0.05) is 12.1 Å². The quantitative estimate of drug-likeness (QED) is 0.752. The Labute approximate surface area is 131 Å². The molecule has 22 heavy (non-hydrogen) atoms. The third-order valence-corrected chi connectivity index (χ3v) is 3.12. The molecule has 0 fully saturated rings. The second-order valence-corrected chi connectivity index (χ2v) is 4.96. The van der Waals surface area contributed by atoms with Crippen molar-refractivity contribution in [3.05, 3.63) is 65.1 Å². The first-order chi connectivity index (χ1) is 10.7. The largest absolute Gasteiger partial charge is 0.508 e. The number of phenolic OH excluding ortho intramolecular Hbond substituents is 1. The molecule has 0 spiro atoms. The van der Waals surface area contributed by atoms with Crippen molar-refractivity contribution in [3.8, 4) is 5.75 Å². The Bertz CT molecular complexity index is 745. The predicted octanol–water partition coefficient (Wildman–Crippen LogP) is 3.03. The molecule has 0 amide bonds. The van der Waals surface area contributed by atoms with Crippen molar-refractivity contribution in [2.24, 2.45) is 0 Å². The number of hydrogen-bond acceptors (Lipinski definition) is 6. The number of furan rings is 1. The lowest BCUT2D eigenvalue weighted by Crippen LogP contribution is -2.07. The van der Waals surface area contributed by atoms with Gasteiger partial charge in [0, 0.05) is 6.42 Å². The molecular weight excluding hydrogens is 304 g/mol. The van der Waals surface area contributed by atoms with E-state index < -0.39 is 0 Å². The molecule has 2 heterocycles. The second kappa shape index (κ2) is 6.44. The van der Waals surface area contributed by atoms with Gasteiger partial charge in [0.1, 0.15) is 17.3 Å². The Morgan fingerprint density at radius 2 is 1.91 bits per heavy atom. The Balaban J connectivity index is 1.73. The highest BCUT2D eigenvalue weighted by Gasteiger charge is 2.07. The van der Waals surface area contributed by atoms with Crippen LogP contribution in [0, 0.1) is 0 Å². The summed E-state index contributed by atoms with van der Waals surface area (Å²) in [5.74, 6) is 1.94. The lowest BCUT2D eigenvalue weighted by atomic mass is 10.1. The molecule has 0 unspecified atom stereocenters.